The average molecular weight is 362 g/mol. The first kappa shape index (κ1) is 17.3. The van der Waals surface area contributed by atoms with E-state index in [0.29, 0.717) is 18.9 Å². The van der Waals surface area contributed by atoms with E-state index in [0.717, 1.165) is 17.7 Å². The number of rotatable bonds is 6. The number of nitrogens with zero attached hydrogens (tertiary/aromatic N) is 2. The molecule has 7 heteroatoms. The maximum Gasteiger partial charge on any atom is 0.223 e. The third kappa shape index (κ3) is 4.30. The van der Waals surface area contributed by atoms with E-state index in [1.807, 2.05) is 16.8 Å². The van der Waals surface area contributed by atoms with Gasteiger partial charge in [0.2, 0.25) is 5.91 Å². The van der Waals surface area contributed by atoms with Crippen LogP contribution in [0.4, 0.5) is 8.78 Å². The molecule has 0 saturated carbocycles. The Morgan fingerprint density at radius 1 is 1.32 bits per heavy atom. The second-order valence-electron chi connectivity index (χ2n) is 5.62. The highest BCUT2D eigenvalue weighted by molar-refractivity contribution is 7.07. The molecule has 0 bridgehead atoms. The minimum absolute atomic E-state index is 0.0288. The number of hydrogen-bond acceptors (Lipinski definition) is 4. The summed E-state index contributed by atoms with van der Waals surface area (Å²) in [5, 5.41) is 3.97. The fraction of sp³-hybridized carbons (Fsp3) is 0.222. The van der Waals surface area contributed by atoms with Crippen LogP contribution >= 0.6 is 11.3 Å². The summed E-state index contributed by atoms with van der Waals surface area (Å²) < 4.78 is 32.2. The second-order valence-corrected chi connectivity index (χ2v) is 6.40. The van der Waals surface area contributed by atoms with Crippen LogP contribution in [0.3, 0.4) is 0 Å². The van der Waals surface area contributed by atoms with Crippen molar-refractivity contribution in [3.8, 4) is 11.3 Å². The smallest absolute Gasteiger partial charge is 0.223 e. The van der Waals surface area contributed by atoms with Gasteiger partial charge < -0.3 is 9.32 Å². The summed E-state index contributed by atoms with van der Waals surface area (Å²) in [5.74, 6) is -0.837. The van der Waals surface area contributed by atoms with Crippen molar-refractivity contribution in [1.82, 2.24) is 9.88 Å². The molecule has 4 nitrogen and oxygen atoms in total. The molecule has 3 rings (SSSR count). The molecule has 25 heavy (non-hydrogen) atoms. The van der Waals surface area contributed by atoms with Gasteiger partial charge in [0, 0.05) is 32.5 Å². The van der Waals surface area contributed by atoms with Crippen LogP contribution < -0.4 is 0 Å². The number of aromatic nitrogens is 1. The molecule has 0 atom stereocenters. The molecule has 1 aromatic carbocycles. The lowest BCUT2D eigenvalue weighted by atomic mass is 10.2. The predicted molar refractivity (Wildman–Crippen MR) is 91.0 cm³/mol. The van der Waals surface area contributed by atoms with Crippen LogP contribution in [-0.2, 0) is 17.8 Å². The number of amides is 1. The number of oxazole rings is 1. The molecule has 3 aromatic rings. The summed E-state index contributed by atoms with van der Waals surface area (Å²) in [6.07, 6.45) is 1.94. The minimum Gasteiger partial charge on any atom is -0.441 e. The van der Waals surface area contributed by atoms with Gasteiger partial charge in [-0.15, -0.1) is 0 Å². The molecule has 0 aliphatic carbocycles. The Morgan fingerprint density at radius 2 is 2.16 bits per heavy atom. The number of carbonyl (C=O) groups is 1. The number of halogens is 2. The maximum absolute atomic E-state index is 13.8. The standard InChI is InChI=1S/C18H16F2N2O2S/c1-22(10-12-6-7-25-11-12)18(23)5-4-17-21-9-16(24-17)14-3-2-13(19)8-15(14)20/h2-3,6-9,11H,4-5,10H2,1H3. The molecule has 0 radical (unpaired) electrons. The summed E-state index contributed by atoms with van der Waals surface area (Å²) in [4.78, 5) is 17.9. The molecule has 0 saturated heterocycles. The van der Waals surface area contributed by atoms with Gasteiger partial charge in [-0.05, 0) is 34.5 Å². The molecule has 0 fully saturated rings. The third-order valence-electron chi connectivity index (χ3n) is 3.73. The van der Waals surface area contributed by atoms with Crippen LogP contribution in [0, 0.1) is 11.6 Å². The van der Waals surface area contributed by atoms with Crippen LogP contribution in [0.25, 0.3) is 11.3 Å². The first-order chi connectivity index (χ1) is 12.0. The Kier molecular flexibility index (Phi) is 5.23. The van der Waals surface area contributed by atoms with Crippen LogP contribution in [0.15, 0.2) is 45.6 Å². The average Bonchev–Trinajstić information content (AvgIpc) is 3.24. The number of thiophene rings is 1. The fourth-order valence-corrected chi connectivity index (χ4v) is 3.05. The molecule has 0 N–H and O–H groups in total. The van der Waals surface area contributed by atoms with E-state index >= 15 is 0 Å². The monoisotopic (exact) mass is 362 g/mol. The molecular weight excluding hydrogens is 346 g/mol. The quantitative estimate of drug-likeness (QED) is 0.658. The van der Waals surface area contributed by atoms with Gasteiger partial charge in [0.25, 0.3) is 0 Å². The van der Waals surface area contributed by atoms with E-state index in [4.69, 9.17) is 4.42 Å². The van der Waals surface area contributed by atoms with E-state index in [1.165, 1.54) is 12.3 Å². The van der Waals surface area contributed by atoms with Gasteiger partial charge in [0.05, 0.1) is 11.8 Å². The van der Waals surface area contributed by atoms with Gasteiger partial charge in [-0.2, -0.15) is 11.3 Å². The summed E-state index contributed by atoms with van der Waals surface area (Å²) in [7, 11) is 1.74. The number of aryl methyl sites for hydroxylation is 1. The van der Waals surface area contributed by atoms with Gasteiger partial charge in [-0.1, -0.05) is 0 Å². The number of hydrogen-bond donors (Lipinski definition) is 0. The molecular formula is C18H16F2N2O2S. The van der Waals surface area contributed by atoms with Crippen LogP contribution in [-0.4, -0.2) is 22.8 Å². The summed E-state index contributed by atoms with van der Waals surface area (Å²) in [6.45, 7) is 0.556. The van der Waals surface area contributed by atoms with Gasteiger partial charge in [0.1, 0.15) is 11.6 Å². The Bertz CT molecular complexity index is 862. The molecule has 130 valence electrons. The Hall–Kier alpha value is -2.54. The van der Waals surface area contributed by atoms with Crippen molar-refractivity contribution >= 4 is 17.2 Å². The first-order valence-corrected chi connectivity index (χ1v) is 8.62. The van der Waals surface area contributed by atoms with Gasteiger partial charge in [-0.3, -0.25) is 4.79 Å². The molecule has 1 amide bonds. The molecule has 0 spiro atoms. The number of benzene rings is 1. The molecule has 0 aliphatic rings. The predicted octanol–water partition coefficient (Wildman–Crippen LogP) is 4.27. The highest BCUT2D eigenvalue weighted by atomic mass is 32.1. The lowest BCUT2D eigenvalue weighted by Crippen LogP contribution is -2.26. The lowest BCUT2D eigenvalue weighted by Gasteiger charge is -2.15. The van der Waals surface area contributed by atoms with Crippen molar-refractivity contribution in [2.75, 3.05) is 7.05 Å². The Morgan fingerprint density at radius 3 is 2.88 bits per heavy atom. The van der Waals surface area contributed by atoms with E-state index < -0.39 is 11.6 Å². The Balaban J connectivity index is 1.59. The van der Waals surface area contributed by atoms with Crippen molar-refractivity contribution < 1.29 is 18.0 Å². The largest absolute Gasteiger partial charge is 0.441 e. The first-order valence-electron chi connectivity index (χ1n) is 7.68. The molecule has 2 heterocycles. The summed E-state index contributed by atoms with van der Waals surface area (Å²) in [5.41, 5.74) is 1.23. The zero-order valence-corrected chi connectivity index (χ0v) is 14.4. The van der Waals surface area contributed by atoms with E-state index in [2.05, 4.69) is 4.98 Å². The molecule has 2 aromatic heterocycles. The second kappa shape index (κ2) is 7.57. The van der Waals surface area contributed by atoms with Crippen LogP contribution in [0.5, 0.6) is 0 Å². The van der Waals surface area contributed by atoms with Gasteiger partial charge in [-0.25, -0.2) is 13.8 Å². The third-order valence-corrected chi connectivity index (χ3v) is 4.46. The number of carbonyl (C=O) groups excluding carboxylic acids is 1. The normalized spacial score (nSPS) is 10.8. The summed E-state index contributed by atoms with van der Waals surface area (Å²) in [6, 6.07) is 5.23. The lowest BCUT2D eigenvalue weighted by molar-refractivity contribution is -0.130. The zero-order chi connectivity index (χ0) is 17.8. The zero-order valence-electron chi connectivity index (χ0n) is 13.5. The summed E-state index contributed by atoms with van der Waals surface area (Å²) >= 11 is 1.59. The SMILES string of the molecule is CN(Cc1ccsc1)C(=O)CCc1ncc(-c2ccc(F)cc2F)o1. The van der Waals surface area contributed by atoms with Crippen molar-refractivity contribution in [2.24, 2.45) is 0 Å². The van der Waals surface area contributed by atoms with Crippen LogP contribution in [0.2, 0.25) is 0 Å². The molecule has 0 aliphatic heterocycles. The van der Waals surface area contributed by atoms with Gasteiger partial charge in [0.15, 0.2) is 11.7 Å². The van der Waals surface area contributed by atoms with Crippen LogP contribution in [0.1, 0.15) is 17.9 Å². The fourth-order valence-electron chi connectivity index (χ4n) is 2.39. The van der Waals surface area contributed by atoms with E-state index in [9.17, 15) is 13.6 Å². The maximum atomic E-state index is 13.8. The highest BCUT2D eigenvalue weighted by Gasteiger charge is 2.14. The van der Waals surface area contributed by atoms with Crippen molar-refractivity contribution in [3.63, 3.8) is 0 Å². The van der Waals surface area contributed by atoms with Crippen molar-refractivity contribution in [1.29, 1.82) is 0 Å². The Labute approximate surface area is 147 Å². The van der Waals surface area contributed by atoms with Crippen molar-refractivity contribution in [3.05, 3.63) is 64.3 Å². The minimum atomic E-state index is -0.714. The topological polar surface area (TPSA) is 46.3 Å². The van der Waals surface area contributed by atoms with E-state index in [-0.39, 0.29) is 23.7 Å². The van der Waals surface area contributed by atoms with Crippen molar-refractivity contribution in [2.45, 2.75) is 19.4 Å². The van der Waals surface area contributed by atoms with E-state index in [1.54, 1.807) is 23.3 Å². The molecule has 0 unspecified atom stereocenters. The van der Waals surface area contributed by atoms with Gasteiger partial charge >= 0.3 is 0 Å². The highest BCUT2D eigenvalue weighted by Crippen LogP contribution is 2.24.